The van der Waals surface area contributed by atoms with Crippen molar-refractivity contribution in [1.82, 2.24) is 9.97 Å². The molecule has 1 aromatic carbocycles. The number of piperidine rings is 1. The second kappa shape index (κ2) is 6.90. The molecule has 138 valence electrons. The van der Waals surface area contributed by atoms with Gasteiger partial charge in [0.2, 0.25) is 5.95 Å². The Morgan fingerprint density at radius 3 is 2.50 bits per heavy atom. The number of carbonyl (C=O) groups is 1. The average molecular weight is 395 g/mol. The number of nitrogens with two attached hydrogens (primary N) is 3. The maximum absolute atomic E-state index is 12.0. The fourth-order valence-corrected chi connectivity index (χ4v) is 3.36. The lowest BCUT2D eigenvalue weighted by molar-refractivity contribution is 0.0996. The molecule has 3 rings (SSSR count). The number of halogens is 2. The SMILES string of the molecule is CC1(N)CCN(c2nc(N)c(-c3cccc(Cl)c3Cl)c(C(N)=O)n2)CC1. The molecule has 2 heterocycles. The van der Waals surface area contributed by atoms with E-state index in [2.05, 4.69) is 9.97 Å². The number of hydrogen-bond acceptors (Lipinski definition) is 6. The van der Waals surface area contributed by atoms with Gasteiger partial charge >= 0.3 is 0 Å². The molecule has 0 atom stereocenters. The molecule has 1 amide bonds. The third-order valence-electron chi connectivity index (χ3n) is 4.57. The number of amides is 1. The number of nitrogen functional groups attached to an aromatic ring is 1. The van der Waals surface area contributed by atoms with Crippen molar-refractivity contribution in [3.8, 4) is 11.1 Å². The molecule has 1 aliphatic rings. The molecule has 0 saturated carbocycles. The molecule has 1 aliphatic heterocycles. The largest absolute Gasteiger partial charge is 0.383 e. The van der Waals surface area contributed by atoms with Crippen molar-refractivity contribution in [1.29, 1.82) is 0 Å². The molecule has 1 aromatic heterocycles. The van der Waals surface area contributed by atoms with Gasteiger partial charge in [0, 0.05) is 24.2 Å². The predicted octanol–water partition coefficient (Wildman–Crippen LogP) is 2.45. The van der Waals surface area contributed by atoms with Gasteiger partial charge in [-0.05, 0) is 25.8 Å². The second-order valence-electron chi connectivity index (χ2n) is 6.74. The van der Waals surface area contributed by atoms with Crippen LogP contribution in [0.5, 0.6) is 0 Å². The van der Waals surface area contributed by atoms with Crippen LogP contribution in [-0.4, -0.2) is 34.5 Å². The third-order valence-corrected chi connectivity index (χ3v) is 5.39. The van der Waals surface area contributed by atoms with Crippen LogP contribution in [0.15, 0.2) is 18.2 Å². The van der Waals surface area contributed by atoms with Crippen LogP contribution in [0.1, 0.15) is 30.3 Å². The van der Waals surface area contributed by atoms with E-state index in [0.717, 1.165) is 12.8 Å². The molecular formula is C17H20Cl2N6O. The summed E-state index contributed by atoms with van der Waals surface area (Å²) in [7, 11) is 0. The van der Waals surface area contributed by atoms with Gasteiger partial charge in [-0.15, -0.1) is 0 Å². The van der Waals surface area contributed by atoms with Gasteiger partial charge < -0.3 is 22.1 Å². The first-order valence-corrected chi connectivity index (χ1v) is 8.91. The third kappa shape index (κ3) is 3.56. The van der Waals surface area contributed by atoms with Crippen LogP contribution in [0.2, 0.25) is 10.0 Å². The van der Waals surface area contributed by atoms with Crippen molar-refractivity contribution in [2.24, 2.45) is 11.5 Å². The van der Waals surface area contributed by atoms with Gasteiger partial charge in [0.1, 0.15) is 11.5 Å². The molecule has 0 bridgehead atoms. The zero-order valence-electron chi connectivity index (χ0n) is 14.3. The van der Waals surface area contributed by atoms with Crippen molar-refractivity contribution < 1.29 is 4.79 Å². The summed E-state index contributed by atoms with van der Waals surface area (Å²) in [5, 5.41) is 0.595. The van der Waals surface area contributed by atoms with Crippen molar-refractivity contribution in [3.63, 3.8) is 0 Å². The lowest BCUT2D eigenvalue weighted by Gasteiger charge is -2.36. The molecule has 0 radical (unpaired) electrons. The van der Waals surface area contributed by atoms with Crippen LogP contribution in [0.3, 0.4) is 0 Å². The summed E-state index contributed by atoms with van der Waals surface area (Å²) in [5.74, 6) is -0.241. The summed E-state index contributed by atoms with van der Waals surface area (Å²) in [6.45, 7) is 3.35. The summed E-state index contributed by atoms with van der Waals surface area (Å²) in [6.07, 6.45) is 1.56. The summed E-state index contributed by atoms with van der Waals surface area (Å²) in [4.78, 5) is 22.7. The standard InChI is InChI=1S/C17H20Cl2N6O/c1-17(22)5-7-25(8-6-17)16-23-13(15(21)26)11(14(20)24-16)9-3-2-4-10(18)12(9)19/h2-4H,5-8,22H2,1H3,(H2,21,26)(H2,20,23,24). The number of rotatable bonds is 3. The van der Waals surface area contributed by atoms with Crippen molar-refractivity contribution >= 4 is 40.9 Å². The molecular weight excluding hydrogens is 375 g/mol. The van der Waals surface area contributed by atoms with Gasteiger partial charge in [0.05, 0.1) is 15.6 Å². The first-order chi connectivity index (χ1) is 12.2. The van der Waals surface area contributed by atoms with Gasteiger partial charge in [-0.3, -0.25) is 4.79 Å². The Labute approximate surface area is 161 Å². The number of nitrogens with zero attached hydrogens (tertiary/aromatic N) is 3. The number of anilines is 2. The minimum absolute atomic E-state index is 0.0118. The highest BCUT2D eigenvalue weighted by molar-refractivity contribution is 6.44. The topological polar surface area (TPSA) is 124 Å². The fraction of sp³-hybridized carbons (Fsp3) is 0.353. The zero-order valence-corrected chi connectivity index (χ0v) is 15.8. The Morgan fingerprint density at radius 1 is 1.23 bits per heavy atom. The smallest absolute Gasteiger partial charge is 0.268 e. The highest BCUT2D eigenvalue weighted by Gasteiger charge is 2.29. The van der Waals surface area contributed by atoms with Gasteiger partial charge in [-0.2, -0.15) is 4.98 Å². The molecule has 26 heavy (non-hydrogen) atoms. The van der Waals surface area contributed by atoms with E-state index in [1.807, 2.05) is 11.8 Å². The first kappa shape index (κ1) is 18.7. The van der Waals surface area contributed by atoms with E-state index < -0.39 is 5.91 Å². The fourth-order valence-electron chi connectivity index (χ4n) is 2.97. The maximum atomic E-state index is 12.0. The summed E-state index contributed by atoms with van der Waals surface area (Å²) < 4.78 is 0. The monoisotopic (exact) mass is 394 g/mol. The first-order valence-electron chi connectivity index (χ1n) is 8.15. The Balaban J connectivity index is 2.08. The molecule has 9 heteroatoms. The van der Waals surface area contributed by atoms with E-state index in [4.69, 9.17) is 40.4 Å². The number of aromatic nitrogens is 2. The lowest BCUT2D eigenvalue weighted by atomic mass is 9.91. The average Bonchev–Trinajstić information content (AvgIpc) is 2.57. The van der Waals surface area contributed by atoms with Crippen LogP contribution in [-0.2, 0) is 0 Å². The molecule has 1 fully saturated rings. The van der Waals surface area contributed by atoms with Gasteiger partial charge in [-0.1, -0.05) is 35.3 Å². The van der Waals surface area contributed by atoms with E-state index in [-0.39, 0.29) is 27.6 Å². The number of benzene rings is 1. The van der Waals surface area contributed by atoms with E-state index in [9.17, 15) is 4.79 Å². The minimum Gasteiger partial charge on any atom is -0.383 e. The second-order valence-corrected chi connectivity index (χ2v) is 7.52. The van der Waals surface area contributed by atoms with Crippen LogP contribution < -0.4 is 22.1 Å². The maximum Gasteiger partial charge on any atom is 0.268 e. The zero-order chi connectivity index (χ0) is 19.1. The molecule has 7 nitrogen and oxygen atoms in total. The molecule has 0 spiro atoms. The Morgan fingerprint density at radius 2 is 1.88 bits per heavy atom. The number of primary amides is 1. The summed E-state index contributed by atoms with van der Waals surface area (Å²) in [5.41, 5.74) is 18.4. The summed E-state index contributed by atoms with van der Waals surface area (Å²) >= 11 is 12.4. The molecule has 1 saturated heterocycles. The summed E-state index contributed by atoms with van der Waals surface area (Å²) in [6, 6.07) is 5.03. The molecule has 2 aromatic rings. The highest BCUT2D eigenvalue weighted by atomic mass is 35.5. The molecule has 0 aliphatic carbocycles. The normalized spacial score (nSPS) is 16.5. The number of hydrogen-bond donors (Lipinski definition) is 3. The van der Waals surface area contributed by atoms with Crippen molar-refractivity contribution in [2.75, 3.05) is 23.7 Å². The van der Waals surface area contributed by atoms with Gasteiger partial charge in [0.15, 0.2) is 0 Å². The van der Waals surface area contributed by atoms with Crippen molar-refractivity contribution in [3.05, 3.63) is 33.9 Å². The van der Waals surface area contributed by atoms with Crippen molar-refractivity contribution in [2.45, 2.75) is 25.3 Å². The van der Waals surface area contributed by atoms with E-state index in [1.165, 1.54) is 0 Å². The molecule has 0 unspecified atom stereocenters. The van der Waals surface area contributed by atoms with Crippen LogP contribution in [0.4, 0.5) is 11.8 Å². The van der Waals surface area contributed by atoms with E-state index >= 15 is 0 Å². The Kier molecular flexibility index (Phi) is 4.96. The van der Waals surface area contributed by atoms with E-state index in [0.29, 0.717) is 29.6 Å². The van der Waals surface area contributed by atoms with Crippen LogP contribution in [0, 0.1) is 0 Å². The Hall–Kier alpha value is -2.09. The predicted molar refractivity (Wildman–Crippen MR) is 104 cm³/mol. The highest BCUT2D eigenvalue weighted by Crippen LogP contribution is 2.38. The van der Waals surface area contributed by atoms with E-state index in [1.54, 1.807) is 18.2 Å². The quantitative estimate of drug-likeness (QED) is 0.733. The Bertz CT molecular complexity index is 861. The minimum atomic E-state index is -0.716. The molecule has 6 N–H and O–H groups in total. The van der Waals surface area contributed by atoms with Crippen LogP contribution in [0.25, 0.3) is 11.1 Å². The lowest BCUT2D eigenvalue weighted by Crippen LogP contribution is -2.48. The van der Waals surface area contributed by atoms with Crippen LogP contribution >= 0.6 is 23.2 Å². The van der Waals surface area contributed by atoms with Gasteiger partial charge in [0.25, 0.3) is 5.91 Å². The van der Waals surface area contributed by atoms with Gasteiger partial charge in [-0.25, -0.2) is 4.98 Å². The number of carbonyl (C=O) groups excluding carboxylic acids is 1.